The lowest BCUT2D eigenvalue weighted by Gasteiger charge is -2.37. The molecule has 1 unspecified atom stereocenters. The number of nitrogens with zero attached hydrogens (tertiary/aromatic N) is 4. The topological polar surface area (TPSA) is 67.7 Å². The third kappa shape index (κ3) is 4.64. The van der Waals surface area contributed by atoms with Crippen LogP contribution in [0.15, 0.2) is 17.2 Å². The van der Waals surface area contributed by atoms with Crippen LogP contribution in [0.5, 0.6) is 0 Å². The molecular formula is C17H24F2N4O3. The summed E-state index contributed by atoms with van der Waals surface area (Å²) >= 11 is 0. The molecule has 1 aromatic heterocycles. The Morgan fingerprint density at radius 1 is 1.27 bits per heavy atom. The third-order valence-corrected chi connectivity index (χ3v) is 5.09. The highest BCUT2D eigenvalue weighted by Crippen LogP contribution is 2.20. The molecule has 0 aliphatic carbocycles. The molecule has 0 bridgehead atoms. The number of halogens is 2. The first-order valence-corrected chi connectivity index (χ1v) is 8.85. The number of hydrogen-bond acceptors (Lipinski definition) is 5. The Labute approximate surface area is 150 Å². The Bertz CT molecular complexity index is 689. The molecule has 0 saturated carbocycles. The van der Waals surface area contributed by atoms with E-state index in [1.807, 2.05) is 0 Å². The first-order chi connectivity index (χ1) is 12.4. The van der Waals surface area contributed by atoms with Crippen molar-refractivity contribution >= 4 is 5.91 Å². The number of amides is 1. The van der Waals surface area contributed by atoms with Gasteiger partial charge in [-0.3, -0.25) is 14.2 Å². The molecule has 144 valence electrons. The van der Waals surface area contributed by atoms with Gasteiger partial charge in [0.15, 0.2) is 0 Å². The molecule has 2 aliphatic heterocycles. The van der Waals surface area contributed by atoms with Gasteiger partial charge in [0, 0.05) is 32.7 Å². The van der Waals surface area contributed by atoms with Gasteiger partial charge in [0.1, 0.15) is 12.3 Å². The summed E-state index contributed by atoms with van der Waals surface area (Å²) < 4.78 is 32.1. The van der Waals surface area contributed by atoms with E-state index in [4.69, 9.17) is 4.74 Å². The Hall–Kier alpha value is -1.87. The maximum absolute atomic E-state index is 12.6. The minimum absolute atomic E-state index is 0.0110. The van der Waals surface area contributed by atoms with E-state index in [0.29, 0.717) is 19.0 Å². The number of piperidine rings is 1. The van der Waals surface area contributed by atoms with E-state index in [2.05, 4.69) is 9.88 Å². The highest BCUT2D eigenvalue weighted by Gasteiger charge is 2.27. The predicted octanol–water partition coefficient (Wildman–Crippen LogP) is 0.750. The van der Waals surface area contributed by atoms with Crippen molar-refractivity contribution in [1.82, 2.24) is 19.4 Å². The van der Waals surface area contributed by atoms with Gasteiger partial charge in [-0.2, -0.15) is 0 Å². The normalized spacial score (nSPS) is 23.0. The van der Waals surface area contributed by atoms with E-state index in [-0.39, 0.29) is 18.6 Å². The van der Waals surface area contributed by atoms with Crippen LogP contribution in [0, 0.1) is 5.92 Å². The first kappa shape index (κ1) is 18.9. The minimum atomic E-state index is -2.73. The van der Waals surface area contributed by atoms with E-state index < -0.39 is 17.7 Å². The second-order valence-corrected chi connectivity index (χ2v) is 7.06. The van der Waals surface area contributed by atoms with Crippen molar-refractivity contribution in [3.8, 4) is 0 Å². The van der Waals surface area contributed by atoms with Gasteiger partial charge in [0.2, 0.25) is 5.91 Å². The molecule has 1 atom stereocenters. The molecule has 26 heavy (non-hydrogen) atoms. The molecule has 7 nitrogen and oxygen atoms in total. The molecule has 9 heteroatoms. The van der Waals surface area contributed by atoms with Crippen molar-refractivity contribution in [3.63, 3.8) is 0 Å². The van der Waals surface area contributed by atoms with Crippen molar-refractivity contribution < 1.29 is 18.3 Å². The van der Waals surface area contributed by atoms with Gasteiger partial charge < -0.3 is 14.5 Å². The summed E-state index contributed by atoms with van der Waals surface area (Å²) in [6.45, 7) is 3.81. The lowest BCUT2D eigenvalue weighted by Crippen LogP contribution is -2.50. The highest BCUT2D eigenvalue weighted by molar-refractivity contribution is 5.77. The molecular weight excluding hydrogens is 346 g/mol. The molecule has 2 aliphatic rings. The van der Waals surface area contributed by atoms with Gasteiger partial charge >= 0.3 is 0 Å². The van der Waals surface area contributed by atoms with Gasteiger partial charge in [-0.05, 0) is 31.8 Å². The van der Waals surface area contributed by atoms with Gasteiger partial charge in [-0.1, -0.05) is 0 Å². The second-order valence-electron chi connectivity index (χ2n) is 7.06. The fourth-order valence-corrected chi connectivity index (χ4v) is 3.48. The fraction of sp³-hybridized carbons (Fsp3) is 0.706. The summed E-state index contributed by atoms with van der Waals surface area (Å²) in [6.07, 6.45) is 0.369. The van der Waals surface area contributed by atoms with Crippen molar-refractivity contribution in [2.45, 2.75) is 31.9 Å². The lowest BCUT2D eigenvalue weighted by molar-refractivity contribution is -0.148. The summed E-state index contributed by atoms with van der Waals surface area (Å²) in [6, 6.07) is 0.915. The monoisotopic (exact) mass is 370 g/mol. The Kier molecular flexibility index (Phi) is 5.98. The van der Waals surface area contributed by atoms with Crippen molar-refractivity contribution in [1.29, 1.82) is 0 Å². The zero-order chi connectivity index (χ0) is 18.7. The van der Waals surface area contributed by atoms with Crippen molar-refractivity contribution in [2.75, 3.05) is 39.8 Å². The Morgan fingerprint density at radius 2 is 2.00 bits per heavy atom. The largest absolute Gasteiger partial charge is 0.365 e. The van der Waals surface area contributed by atoms with Crippen LogP contribution in [0.1, 0.15) is 25.0 Å². The van der Waals surface area contributed by atoms with Crippen molar-refractivity contribution in [3.05, 3.63) is 28.4 Å². The van der Waals surface area contributed by atoms with E-state index in [0.717, 1.165) is 38.5 Å². The number of aromatic nitrogens is 2. The van der Waals surface area contributed by atoms with Crippen LogP contribution < -0.4 is 5.56 Å². The summed E-state index contributed by atoms with van der Waals surface area (Å²) in [4.78, 5) is 31.1. The van der Waals surface area contributed by atoms with Gasteiger partial charge in [-0.15, -0.1) is 0 Å². The standard InChI is InChI=1S/C17H24F2N4O3/c1-21-8-13(26-10-16(21)25)9-22-4-2-12(3-5-22)7-23-11-20-14(17(18)19)6-15(23)24/h6,11-13,17H,2-5,7-10H2,1H3. The number of hydrogen-bond donors (Lipinski definition) is 0. The van der Waals surface area contributed by atoms with E-state index in [1.165, 1.54) is 10.9 Å². The SMILES string of the molecule is CN1CC(CN2CCC(Cn3cnc(C(F)F)cc3=O)CC2)OCC1=O. The quantitative estimate of drug-likeness (QED) is 0.765. The number of carbonyl (C=O) groups excluding carboxylic acids is 1. The second kappa shape index (κ2) is 8.22. The van der Waals surface area contributed by atoms with Gasteiger partial charge in [-0.25, -0.2) is 13.8 Å². The average Bonchev–Trinajstić information content (AvgIpc) is 2.61. The number of likely N-dealkylation sites (tertiary alicyclic amines) is 1. The molecule has 2 fully saturated rings. The average molecular weight is 370 g/mol. The van der Waals surface area contributed by atoms with Crippen LogP contribution in [-0.4, -0.2) is 71.2 Å². The maximum Gasteiger partial charge on any atom is 0.280 e. The maximum atomic E-state index is 12.6. The molecule has 2 saturated heterocycles. The molecule has 3 rings (SSSR count). The van der Waals surface area contributed by atoms with Crippen LogP contribution in [0.3, 0.4) is 0 Å². The smallest absolute Gasteiger partial charge is 0.280 e. The Morgan fingerprint density at radius 3 is 2.62 bits per heavy atom. The summed E-state index contributed by atoms with van der Waals surface area (Å²) in [7, 11) is 1.79. The fourth-order valence-electron chi connectivity index (χ4n) is 3.48. The predicted molar refractivity (Wildman–Crippen MR) is 90.0 cm³/mol. The van der Waals surface area contributed by atoms with E-state index in [1.54, 1.807) is 11.9 Å². The van der Waals surface area contributed by atoms with Crippen LogP contribution in [0.4, 0.5) is 8.78 Å². The lowest BCUT2D eigenvalue weighted by atomic mass is 9.96. The highest BCUT2D eigenvalue weighted by atomic mass is 19.3. The molecule has 3 heterocycles. The molecule has 0 spiro atoms. The summed E-state index contributed by atoms with van der Waals surface area (Å²) in [5.41, 5.74) is -0.905. The van der Waals surface area contributed by atoms with E-state index in [9.17, 15) is 18.4 Å². The van der Waals surface area contributed by atoms with Crippen LogP contribution in [0.25, 0.3) is 0 Å². The molecule has 0 radical (unpaired) electrons. The van der Waals surface area contributed by atoms with Gasteiger partial charge in [0.05, 0.1) is 12.4 Å². The number of alkyl halides is 2. The molecule has 1 amide bonds. The number of ether oxygens (including phenoxy) is 1. The minimum Gasteiger partial charge on any atom is -0.365 e. The zero-order valence-corrected chi connectivity index (χ0v) is 14.8. The zero-order valence-electron chi connectivity index (χ0n) is 14.8. The van der Waals surface area contributed by atoms with E-state index >= 15 is 0 Å². The molecule has 0 aromatic carbocycles. The third-order valence-electron chi connectivity index (χ3n) is 5.09. The Balaban J connectivity index is 1.47. The molecule has 1 aromatic rings. The van der Waals surface area contributed by atoms with Crippen LogP contribution in [-0.2, 0) is 16.1 Å². The number of rotatable bonds is 5. The first-order valence-electron chi connectivity index (χ1n) is 8.85. The van der Waals surface area contributed by atoms with Crippen molar-refractivity contribution in [2.24, 2.45) is 5.92 Å². The summed E-state index contributed by atoms with van der Waals surface area (Å²) in [5, 5.41) is 0. The number of morpholine rings is 1. The molecule has 0 N–H and O–H groups in total. The van der Waals surface area contributed by atoms with Crippen LogP contribution in [0.2, 0.25) is 0 Å². The van der Waals surface area contributed by atoms with Crippen LogP contribution >= 0.6 is 0 Å². The van der Waals surface area contributed by atoms with Gasteiger partial charge in [0.25, 0.3) is 12.0 Å². The number of likely N-dealkylation sites (N-methyl/N-ethyl adjacent to an activating group) is 1. The summed E-state index contributed by atoms with van der Waals surface area (Å²) in [5.74, 6) is 0.330. The number of carbonyl (C=O) groups is 1.